The lowest BCUT2D eigenvalue weighted by molar-refractivity contribution is 0.296. The van der Waals surface area contributed by atoms with E-state index in [1.54, 1.807) is 4.31 Å². The molecular formula is C16H27N3O2S. The van der Waals surface area contributed by atoms with Gasteiger partial charge in [-0.2, -0.15) is 12.7 Å². The number of benzene rings is 1. The Balaban J connectivity index is 2.02. The van der Waals surface area contributed by atoms with Crippen LogP contribution < -0.4 is 4.72 Å². The summed E-state index contributed by atoms with van der Waals surface area (Å²) >= 11 is 0. The van der Waals surface area contributed by atoms with Crippen LogP contribution in [0.5, 0.6) is 0 Å². The second-order valence-electron chi connectivity index (χ2n) is 6.06. The predicted molar refractivity (Wildman–Crippen MR) is 89.8 cm³/mol. The van der Waals surface area contributed by atoms with Crippen LogP contribution in [0.3, 0.4) is 0 Å². The first-order valence-electron chi connectivity index (χ1n) is 7.97. The molecule has 1 atom stereocenters. The van der Waals surface area contributed by atoms with Crippen LogP contribution in [0.1, 0.15) is 37.3 Å². The third-order valence-corrected chi connectivity index (χ3v) is 5.75. The molecule has 1 heterocycles. The molecule has 1 saturated heterocycles. The average Bonchev–Trinajstić information content (AvgIpc) is 2.78. The Morgan fingerprint density at radius 2 is 1.68 bits per heavy atom. The summed E-state index contributed by atoms with van der Waals surface area (Å²) in [7, 11) is 0.554. The lowest BCUT2D eigenvalue weighted by Gasteiger charge is -2.27. The summed E-state index contributed by atoms with van der Waals surface area (Å²) in [5.74, 6) is 0. The summed E-state index contributed by atoms with van der Waals surface area (Å²) < 4.78 is 29.4. The topological polar surface area (TPSA) is 52.7 Å². The first-order chi connectivity index (χ1) is 10.5. The van der Waals surface area contributed by atoms with Gasteiger partial charge in [-0.05, 0) is 32.5 Å². The number of rotatable bonds is 6. The molecule has 124 valence electrons. The Kier molecular flexibility index (Phi) is 6.37. The molecule has 0 spiro atoms. The zero-order valence-corrected chi connectivity index (χ0v) is 14.3. The van der Waals surface area contributed by atoms with E-state index < -0.39 is 10.2 Å². The molecule has 2 rings (SSSR count). The van der Waals surface area contributed by atoms with Crippen LogP contribution in [-0.4, -0.2) is 51.4 Å². The highest BCUT2D eigenvalue weighted by Gasteiger charge is 2.24. The molecule has 22 heavy (non-hydrogen) atoms. The second-order valence-corrected chi connectivity index (χ2v) is 7.81. The number of nitrogens with zero attached hydrogens (tertiary/aromatic N) is 2. The Morgan fingerprint density at radius 1 is 1.09 bits per heavy atom. The molecule has 1 fully saturated rings. The molecular weight excluding hydrogens is 298 g/mol. The zero-order valence-electron chi connectivity index (χ0n) is 13.5. The van der Waals surface area contributed by atoms with Crippen molar-refractivity contribution < 1.29 is 8.42 Å². The molecule has 0 aliphatic carbocycles. The van der Waals surface area contributed by atoms with Gasteiger partial charge < -0.3 is 4.90 Å². The SMILES string of the molecule is CN(C)C(CNS(=O)(=O)N1CCCCCC1)c1ccccc1. The van der Waals surface area contributed by atoms with Crippen molar-refractivity contribution in [1.29, 1.82) is 0 Å². The largest absolute Gasteiger partial charge is 0.301 e. The van der Waals surface area contributed by atoms with E-state index in [0.29, 0.717) is 19.6 Å². The van der Waals surface area contributed by atoms with Crippen molar-refractivity contribution in [3.8, 4) is 0 Å². The van der Waals surface area contributed by atoms with Crippen LogP contribution in [0.4, 0.5) is 0 Å². The lowest BCUT2D eigenvalue weighted by Crippen LogP contribution is -2.44. The number of hydrogen-bond donors (Lipinski definition) is 1. The fourth-order valence-corrected chi connectivity index (χ4v) is 4.12. The van der Waals surface area contributed by atoms with Crippen LogP contribution in [-0.2, 0) is 10.2 Å². The van der Waals surface area contributed by atoms with Gasteiger partial charge in [-0.15, -0.1) is 0 Å². The smallest absolute Gasteiger partial charge is 0.279 e. The third-order valence-electron chi connectivity index (χ3n) is 4.17. The van der Waals surface area contributed by atoms with Crippen molar-refractivity contribution >= 4 is 10.2 Å². The van der Waals surface area contributed by atoms with Gasteiger partial charge in [0.2, 0.25) is 0 Å². The first-order valence-corrected chi connectivity index (χ1v) is 9.41. The Hall–Kier alpha value is -0.950. The summed E-state index contributed by atoms with van der Waals surface area (Å²) in [6, 6.07) is 10.0. The molecule has 1 aromatic rings. The molecule has 1 aliphatic heterocycles. The highest BCUT2D eigenvalue weighted by atomic mass is 32.2. The molecule has 1 unspecified atom stereocenters. The van der Waals surface area contributed by atoms with Gasteiger partial charge in [0.1, 0.15) is 0 Å². The van der Waals surface area contributed by atoms with Crippen molar-refractivity contribution in [1.82, 2.24) is 13.9 Å². The normalized spacial score (nSPS) is 19.0. The molecule has 1 aliphatic rings. The summed E-state index contributed by atoms with van der Waals surface area (Å²) in [6.45, 7) is 1.65. The van der Waals surface area contributed by atoms with E-state index in [-0.39, 0.29) is 6.04 Å². The Morgan fingerprint density at radius 3 is 2.23 bits per heavy atom. The highest BCUT2D eigenvalue weighted by Crippen LogP contribution is 2.18. The van der Waals surface area contributed by atoms with Crippen LogP contribution >= 0.6 is 0 Å². The molecule has 0 saturated carbocycles. The summed E-state index contributed by atoms with van der Waals surface area (Å²) in [4.78, 5) is 2.04. The van der Waals surface area contributed by atoms with Gasteiger partial charge in [-0.1, -0.05) is 43.2 Å². The predicted octanol–water partition coefficient (Wildman–Crippen LogP) is 2.00. The highest BCUT2D eigenvalue weighted by molar-refractivity contribution is 7.87. The summed E-state index contributed by atoms with van der Waals surface area (Å²) in [5, 5.41) is 0. The van der Waals surface area contributed by atoms with Gasteiger partial charge >= 0.3 is 0 Å². The van der Waals surface area contributed by atoms with Gasteiger partial charge in [0.05, 0.1) is 0 Å². The lowest BCUT2D eigenvalue weighted by atomic mass is 10.1. The summed E-state index contributed by atoms with van der Waals surface area (Å²) in [6.07, 6.45) is 4.15. The van der Waals surface area contributed by atoms with Crippen LogP contribution in [0.2, 0.25) is 0 Å². The van der Waals surface area contributed by atoms with E-state index in [4.69, 9.17) is 0 Å². The van der Waals surface area contributed by atoms with E-state index in [1.165, 1.54) is 0 Å². The number of nitrogens with one attached hydrogen (secondary N) is 1. The Bertz CT molecular complexity index is 538. The molecule has 1 N–H and O–H groups in total. The fraction of sp³-hybridized carbons (Fsp3) is 0.625. The molecule has 0 bridgehead atoms. The van der Waals surface area contributed by atoms with E-state index in [0.717, 1.165) is 31.2 Å². The quantitative estimate of drug-likeness (QED) is 0.870. The van der Waals surface area contributed by atoms with E-state index in [1.807, 2.05) is 49.3 Å². The monoisotopic (exact) mass is 325 g/mol. The zero-order chi connectivity index (χ0) is 16.0. The van der Waals surface area contributed by atoms with E-state index >= 15 is 0 Å². The average molecular weight is 325 g/mol. The maximum Gasteiger partial charge on any atom is 0.279 e. The minimum Gasteiger partial charge on any atom is -0.301 e. The maximum atomic E-state index is 12.5. The van der Waals surface area contributed by atoms with E-state index in [9.17, 15) is 8.42 Å². The molecule has 5 nitrogen and oxygen atoms in total. The third kappa shape index (κ3) is 4.78. The molecule has 0 aromatic heterocycles. The van der Waals surface area contributed by atoms with Crippen molar-refractivity contribution in [2.24, 2.45) is 0 Å². The fourth-order valence-electron chi connectivity index (χ4n) is 2.83. The minimum absolute atomic E-state index is 0.0305. The van der Waals surface area contributed by atoms with Gasteiger partial charge in [-0.25, -0.2) is 4.72 Å². The molecule has 1 aromatic carbocycles. The van der Waals surface area contributed by atoms with Crippen molar-refractivity contribution in [3.63, 3.8) is 0 Å². The van der Waals surface area contributed by atoms with Gasteiger partial charge in [0.15, 0.2) is 0 Å². The Labute approximate surface area is 134 Å². The first kappa shape index (κ1) is 17.4. The minimum atomic E-state index is -3.39. The summed E-state index contributed by atoms with van der Waals surface area (Å²) in [5.41, 5.74) is 1.12. The van der Waals surface area contributed by atoms with E-state index in [2.05, 4.69) is 4.72 Å². The number of hydrogen-bond acceptors (Lipinski definition) is 3. The standard InChI is InChI=1S/C16H27N3O2S/c1-18(2)16(15-10-6-5-7-11-15)14-17-22(20,21)19-12-8-3-4-9-13-19/h5-7,10-11,16-17H,3-4,8-9,12-14H2,1-2H3. The molecule has 0 amide bonds. The van der Waals surface area contributed by atoms with Gasteiger partial charge in [-0.3, -0.25) is 0 Å². The van der Waals surface area contributed by atoms with Crippen molar-refractivity contribution in [2.45, 2.75) is 31.7 Å². The molecule has 6 heteroatoms. The molecule has 0 radical (unpaired) electrons. The van der Waals surface area contributed by atoms with Gasteiger partial charge in [0.25, 0.3) is 10.2 Å². The van der Waals surface area contributed by atoms with Crippen molar-refractivity contribution in [3.05, 3.63) is 35.9 Å². The van der Waals surface area contributed by atoms with Crippen LogP contribution in [0.15, 0.2) is 30.3 Å². The number of likely N-dealkylation sites (N-methyl/N-ethyl adjacent to an activating group) is 1. The van der Waals surface area contributed by atoms with Gasteiger partial charge in [0, 0.05) is 25.7 Å². The van der Waals surface area contributed by atoms with Crippen molar-refractivity contribution in [2.75, 3.05) is 33.7 Å². The maximum absolute atomic E-state index is 12.5. The second kappa shape index (κ2) is 8.06. The van der Waals surface area contributed by atoms with Crippen LogP contribution in [0, 0.1) is 0 Å². The van der Waals surface area contributed by atoms with Crippen LogP contribution in [0.25, 0.3) is 0 Å².